The van der Waals surface area contributed by atoms with Crippen molar-refractivity contribution in [1.82, 2.24) is 5.32 Å². The molecule has 0 aromatic heterocycles. The Morgan fingerprint density at radius 1 is 1.41 bits per heavy atom. The first-order chi connectivity index (χ1) is 10.5. The Balaban J connectivity index is 1.83. The van der Waals surface area contributed by atoms with Crippen LogP contribution in [-0.2, 0) is 14.3 Å². The van der Waals surface area contributed by atoms with E-state index >= 15 is 0 Å². The summed E-state index contributed by atoms with van der Waals surface area (Å²) in [5, 5.41) is 12.2. The number of quaternary nitrogens is 1. The second-order valence-corrected chi connectivity index (χ2v) is 6.61. The van der Waals surface area contributed by atoms with Crippen molar-refractivity contribution in [2.24, 2.45) is 11.8 Å². The summed E-state index contributed by atoms with van der Waals surface area (Å²) in [6, 6.07) is 2.24. The summed E-state index contributed by atoms with van der Waals surface area (Å²) in [6.45, 7) is 5.84. The number of nitrogens with one attached hydrogen (secondary N) is 2. The highest BCUT2D eigenvalue weighted by Gasteiger charge is 2.43. The molecule has 1 aliphatic heterocycles. The van der Waals surface area contributed by atoms with Crippen LogP contribution >= 0.6 is 0 Å². The maximum Gasteiger partial charge on any atom is 0.314 e. The van der Waals surface area contributed by atoms with E-state index in [1.165, 1.54) is 0 Å². The van der Waals surface area contributed by atoms with E-state index in [4.69, 9.17) is 4.74 Å². The van der Waals surface area contributed by atoms with Crippen molar-refractivity contribution in [3.05, 3.63) is 0 Å². The first-order valence-corrected chi connectivity index (χ1v) is 8.21. The monoisotopic (exact) mass is 308 g/mol. The van der Waals surface area contributed by atoms with Gasteiger partial charge in [-0.1, -0.05) is 0 Å². The number of rotatable bonds is 6. The fourth-order valence-electron chi connectivity index (χ4n) is 3.22. The normalized spacial score (nSPS) is 27.3. The minimum absolute atomic E-state index is 0.101. The van der Waals surface area contributed by atoms with Crippen LogP contribution in [0.25, 0.3) is 0 Å². The molecule has 1 unspecified atom stereocenters. The number of likely N-dealkylation sites (tertiary alicyclic amines) is 1. The highest BCUT2D eigenvalue weighted by molar-refractivity contribution is 5.78. The predicted molar refractivity (Wildman–Crippen MR) is 79.8 cm³/mol. The number of carbonyl (C=O) groups is 2. The van der Waals surface area contributed by atoms with E-state index in [0.717, 1.165) is 37.1 Å². The smallest absolute Gasteiger partial charge is 0.314 e. The van der Waals surface area contributed by atoms with Crippen molar-refractivity contribution in [3.63, 3.8) is 0 Å². The molecule has 0 bridgehead atoms. The van der Waals surface area contributed by atoms with Gasteiger partial charge in [-0.2, -0.15) is 5.26 Å². The van der Waals surface area contributed by atoms with Crippen LogP contribution in [0.4, 0.5) is 0 Å². The average molecular weight is 308 g/mol. The number of piperidine rings is 1. The molecule has 2 fully saturated rings. The second kappa shape index (κ2) is 7.10. The fraction of sp³-hybridized carbons (Fsp3) is 0.812. The average Bonchev–Trinajstić information content (AvgIpc) is 3.32. The lowest BCUT2D eigenvalue weighted by Crippen LogP contribution is -3.15. The van der Waals surface area contributed by atoms with Gasteiger partial charge >= 0.3 is 5.97 Å². The van der Waals surface area contributed by atoms with E-state index in [0.29, 0.717) is 19.7 Å². The van der Waals surface area contributed by atoms with Crippen molar-refractivity contribution < 1.29 is 19.2 Å². The third-order valence-electron chi connectivity index (χ3n) is 4.67. The number of nitriles is 1. The molecule has 0 aromatic carbocycles. The number of esters is 1. The molecular formula is C16H26N3O3+. The number of nitrogens with zero attached hydrogens (tertiary/aromatic N) is 1. The molecule has 122 valence electrons. The molecule has 22 heavy (non-hydrogen) atoms. The predicted octanol–water partition coefficient (Wildman–Crippen LogP) is -0.347. The van der Waals surface area contributed by atoms with Crippen molar-refractivity contribution in [3.8, 4) is 6.07 Å². The van der Waals surface area contributed by atoms with Crippen LogP contribution in [0.5, 0.6) is 0 Å². The van der Waals surface area contributed by atoms with Gasteiger partial charge in [-0.25, -0.2) is 0 Å². The first-order valence-electron chi connectivity index (χ1n) is 8.21. The molecule has 6 nitrogen and oxygen atoms in total. The van der Waals surface area contributed by atoms with Gasteiger partial charge in [-0.3, -0.25) is 9.59 Å². The van der Waals surface area contributed by atoms with Gasteiger partial charge in [0.05, 0.1) is 25.8 Å². The highest BCUT2D eigenvalue weighted by atomic mass is 16.5. The molecule has 1 saturated heterocycles. The molecule has 1 amide bonds. The molecule has 6 heteroatoms. The molecule has 1 aliphatic carbocycles. The molecule has 2 aliphatic rings. The maximum atomic E-state index is 12.2. The minimum atomic E-state index is -0.743. The second-order valence-electron chi connectivity index (χ2n) is 6.61. The zero-order valence-corrected chi connectivity index (χ0v) is 13.5. The van der Waals surface area contributed by atoms with E-state index in [1.807, 2.05) is 0 Å². The Hall–Kier alpha value is -1.61. The third-order valence-corrected chi connectivity index (χ3v) is 4.67. The van der Waals surface area contributed by atoms with Gasteiger partial charge in [0.1, 0.15) is 11.5 Å². The van der Waals surface area contributed by atoms with Gasteiger partial charge in [0.2, 0.25) is 0 Å². The summed E-state index contributed by atoms with van der Waals surface area (Å²) in [4.78, 5) is 25.1. The molecule has 0 spiro atoms. The van der Waals surface area contributed by atoms with E-state index in [2.05, 4.69) is 11.4 Å². The molecule has 3 atom stereocenters. The van der Waals surface area contributed by atoms with Gasteiger partial charge in [-0.05, 0) is 45.4 Å². The number of amides is 1. The third kappa shape index (κ3) is 4.20. The van der Waals surface area contributed by atoms with Crippen LogP contribution in [0.15, 0.2) is 0 Å². The first kappa shape index (κ1) is 16.8. The lowest BCUT2D eigenvalue weighted by molar-refractivity contribution is -0.899. The van der Waals surface area contributed by atoms with Crippen LogP contribution < -0.4 is 10.2 Å². The number of hydrogen-bond acceptors (Lipinski definition) is 4. The van der Waals surface area contributed by atoms with E-state index < -0.39 is 5.54 Å². The molecule has 2 rings (SSSR count). The fourth-order valence-corrected chi connectivity index (χ4v) is 3.22. The quantitative estimate of drug-likeness (QED) is 0.657. The van der Waals surface area contributed by atoms with Crippen molar-refractivity contribution in [1.29, 1.82) is 5.26 Å². The summed E-state index contributed by atoms with van der Waals surface area (Å²) in [5.74, 6) is -0.0808. The molecule has 1 heterocycles. The van der Waals surface area contributed by atoms with Crippen LogP contribution in [0.3, 0.4) is 0 Å². The van der Waals surface area contributed by atoms with Gasteiger partial charge < -0.3 is 15.0 Å². The summed E-state index contributed by atoms with van der Waals surface area (Å²) >= 11 is 0. The summed E-state index contributed by atoms with van der Waals surface area (Å²) in [6.07, 6.45) is 3.77. The SMILES string of the molecule is CCOC(=O)[C@H]1CCC[NH+](CC(=O)N[C@@](C)(C#N)C2CC2)C1. The number of ether oxygens (including phenoxy) is 1. The van der Waals surface area contributed by atoms with E-state index in [1.54, 1.807) is 13.8 Å². The lowest BCUT2D eigenvalue weighted by Gasteiger charge is -2.29. The van der Waals surface area contributed by atoms with E-state index in [-0.39, 0.29) is 23.7 Å². The van der Waals surface area contributed by atoms with Crippen LogP contribution in [-0.4, -0.2) is 43.7 Å². The van der Waals surface area contributed by atoms with Crippen molar-refractivity contribution in [2.75, 3.05) is 26.2 Å². The van der Waals surface area contributed by atoms with Gasteiger partial charge in [0.25, 0.3) is 5.91 Å². The highest BCUT2D eigenvalue weighted by Crippen LogP contribution is 2.39. The zero-order chi connectivity index (χ0) is 16.2. The summed E-state index contributed by atoms with van der Waals surface area (Å²) in [7, 11) is 0. The molecule has 0 radical (unpaired) electrons. The van der Waals surface area contributed by atoms with E-state index in [9.17, 15) is 14.9 Å². The van der Waals surface area contributed by atoms with Crippen LogP contribution in [0.1, 0.15) is 39.5 Å². The molecule has 1 saturated carbocycles. The summed E-state index contributed by atoms with van der Waals surface area (Å²) < 4.78 is 5.08. The van der Waals surface area contributed by atoms with Gasteiger partial charge in [0.15, 0.2) is 6.54 Å². The summed E-state index contributed by atoms with van der Waals surface area (Å²) in [5.41, 5.74) is -0.743. The number of hydrogen-bond donors (Lipinski definition) is 2. The zero-order valence-electron chi connectivity index (χ0n) is 13.5. The minimum Gasteiger partial charge on any atom is -0.466 e. The van der Waals surface area contributed by atoms with Crippen molar-refractivity contribution >= 4 is 11.9 Å². The van der Waals surface area contributed by atoms with Crippen LogP contribution in [0.2, 0.25) is 0 Å². The van der Waals surface area contributed by atoms with Crippen molar-refractivity contribution in [2.45, 2.75) is 45.1 Å². The molecule has 0 aromatic rings. The van der Waals surface area contributed by atoms with Gasteiger partial charge in [0, 0.05) is 0 Å². The lowest BCUT2D eigenvalue weighted by atomic mass is 9.97. The Morgan fingerprint density at radius 2 is 2.14 bits per heavy atom. The Bertz CT molecular complexity index is 470. The number of carbonyl (C=O) groups excluding carboxylic acids is 2. The molecule has 2 N–H and O–H groups in total. The van der Waals surface area contributed by atoms with Crippen LogP contribution in [0, 0.1) is 23.2 Å². The Kier molecular flexibility index (Phi) is 5.41. The molecular weight excluding hydrogens is 282 g/mol. The van der Waals surface area contributed by atoms with Gasteiger partial charge in [-0.15, -0.1) is 0 Å². The largest absolute Gasteiger partial charge is 0.466 e. The standard InChI is InChI=1S/C16H25N3O3/c1-3-22-15(21)12-5-4-8-19(9-12)10-14(20)18-16(2,11-17)13-6-7-13/h12-13H,3-10H2,1-2H3,(H,18,20)/p+1/t12-,16-/m0/s1. The maximum absolute atomic E-state index is 12.2. The Morgan fingerprint density at radius 3 is 2.73 bits per heavy atom. The Labute approximate surface area is 131 Å². The topological polar surface area (TPSA) is 83.6 Å².